The van der Waals surface area contributed by atoms with Gasteiger partial charge in [-0.15, -0.1) is 0 Å². The number of hydrogen-bond donors (Lipinski definition) is 1. The number of aryl methyl sites for hydroxylation is 1. The summed E-state index contributed by atoms with van der Waals surface area (Å²) in [6.07, 6.45) is 1.95. The first kappa shape index (κ1) is 16.1. The Hall–Kier alpha value is -1.00. The molecule has 1 aromatic rings. The van der Waals surface area contributed by atoms with Crippen molar-refractivity contribution in [1.29, 1.82) is 0 Å². The van der Waals surface area contributed by atoms with Gasteiger partial charge in [0.1, 0.15) is 11.6 Å². The van der Waals surface area contributed by atoms with Crippen LogP contribution in [0.1, 0.15) is 43.9 Å². The Morgan fingerprint density at radius 3 is 2.53 bits per heavy atom. The predicted octanol–water partition coefficient (Wildman–Crippen LogP) is 3.74. The van der Waals surface area contributed by atoms with Gasteiger partial charge in [-0.2, -0.15) is 0 Å². The van der Waals surface area contributed by atoms with Gasteiger partial charge in [0, 0.05) is 24.8 Å². The molecule has 1 aromatic carbocycles. The van der Waals surface area contributed by atoms with Crippen molar-refractivity contribution in [2.45, 2.75) is 45.7 Å². The molecule has 0 bridgehead atoms. The molecule has 0 heterocycles. The lowest BCUT2D eigenvalue weighted by molar-refractivity contribution is 0.156. The molecule has 4 heteroatoms. The average Bonchev–Trinajstić information content (AvgIpc) is 2.34. The van der Waals surface area contributed by atoms with Crippen molar-refractivity contribution in [3.63, 3.8) is 0 Å². The molecule has 1 N–H and O–H groups in total. The number of halogens is 2. The topological polar surface area (TPSA) is 21.3 Å². The van der Waals surface area contributed by atoms with Crippen LogP contribution in [0.5, 0.6) is 0 Å². The fraction of sp³-hybridized carbons (Fsp3) is 0.600. The maximum absolute atomic E-state index is 13.9. The van der Waals surface area contributed by atoms with Gasteiger partial charge in [0.05, 0.1) is 6.61 Å². The highest BCUT2D eigenvalue weighted by Crippen LogP contribution is 2.21. The normalized spacial score (nSPS) is 14.4. The second-order valence-electron chi connectivity index (χ2n) is 4.95. The van der Waals surface area contributed by atoms with Crippen LogP contribution in [0.3, 0.4) is 0 Å². The summed E-state index contributed by atoms with van der Waals surface area (Å²) in [5.41, 5.74) is 0.691. The van der Waals surface area contributed by atoms with E-state index >= 15 is 0 Å². The van der Waals surface area contributed by atoms with E-state index in [0.717, 1.165) is 12.8 Å². The molecule has 0 aliphatic carbocycles. The van der Waals surface area contributed by atoms with E-state index in [-0.39, 0.29) is 23.7 Å². The fourth-order valence-electron chi connectivity index (χ4n) is 2.20. The van der Waals surface area contributed by atoms with E-state index < -0.39 is 0 Å². The highest BCUT2D eigenvalue weighted by molar-refractivity contribution is 5.27. The number of ether oxygens (including phenoxy) is 1. The standard InChI is InChI=1S/C15H23F2NO/c1-5-6-12(9-19-4)18-11(3)13-8-14(16)10(2)7-15(13)17/h7-8,11-12,18H,5-6,9H2,1-4H3. The molecule has 0 aliphatic heterocycles. The molecular formula is C15H23F2NO. The summed E-state index contributed by atoms with van der Waals surface area (Å²) in [5, 5.41) is 3.29. The summed E-state index contributed by atoms with van der Waals surface area (Å²) in [5.74, 6) is -0.740. The second-order valence-corrected chi connectivity index (χ2v) is 4.95. The van der Waals surface area contributed by atoms with Crippen LogP contribution >= 0.6 is 0 Å². The van der Waals surface area contributed by atoms with Crippen LogP contribution < -0.4 is 5.32 Å². The first-order valence-electron chi connectivity index (χ1n) is 6.70. The van der Waals surface area contributed by atoms with E-state index in [2.05, 4.69) is 12.2 Å². The minimum absolute atomic E-state index is 0.147. The minimum Gasteiger partial charge on any atom is -0.383 e. The molecule has 1 rings (SSSR count). The lowest BCUT2D eigenvalue weighted by Gasteiger charge is -2.23. The third-order valence-corrected chi connectivity index (χ3v) is 3.24. The molecule has 0 spiro atoms. The smallest absolute Gasteiger partial charge is 0.128 e. The van der Waals surface area contributed by atoms with E-state index in [1.54, 1.807) is 14.0 Å². The first-order chi connectivity index (χ1) is 8.99. The van der Waals surface area contributed by atoms with Crippen molar-refractivity contribution in [3.05, 3.63) is 34.9 Å². The van der Waals surface area contributed by atoms with Gasteiger partial charge in [0.25, 0.3) is 0 Å². The summed E-state index contributed by atoms with van der Waals surface area (Å²) >= 11 is 0. The molecule has 2 nitrogen and oxygen atoms in total. The van der Waals surface area contributed by atoms with Crippen molar-refractivity contribution in [2.24, 2.45) is 0 Å². The van der Waals surface area contributed by atoms with E-state index in [1.165, 1.54) is 12.1 Å². The van der Waals surface area contributed by atoms with E-state index in [0.29, 0.717) is 17.7 Å². The minimum atomic E-state index is -0.371. The Bertz CT molecular complexity index is 403. The number of nitrogens with one attached hydrogen (secondary N) is 1. The van der Waals surface area contributed by atoms with Crippen molar-refractivity contribution < 1.29 is 13.5 Å². The largest absolute Gasteiger partial charge is 0.383 e. The van der Waals surface area contributed by atoms with Gasteiger partial charge in [-0.05, 0) is 38.0 Å². The highest BCUT2D eigenvalue weighted by atomic mass is 19.1. The number of rotatable bonds is 7. The van der Waals surface area contributed by atoms with E-state index in [9.17, 15) is 8.78 Å². The molecule has 0 saturated carbocycles. The lowest BCUT2D eigenvalue weighted by Crippen LogP contribution is -2.35. The maximum Gasteiger partial charge on any atom is 0.128 e. The summed E-state index contributed by atoms with van der Waals surface area (Å²) < 4.78 is 32.5. The van der Waals surface area contributed by atoms with Crippen molar-refractivity contribution >= 4 is 0 Å². The van der Waals surface area contributed by atoms with Gasteiger partial charge >= 0.3 is 0 Å². The Morgan fingerprint density at radius 2 is 1.95 bits per heavy atom. The predicted molar refractivity (Wildman–Crippen MR) is 73.2 cm³/mol. The fourth-order valence-corrected chi connectivity index (χ4v) is 2.20. The van der Waals surface area contributed by atoms with Crippen LogP contribution in [0.15, 0.2) is 12.1 Å². The van der Waals surface area contributed by atoms with Gasteiger partial charge in [0.2, 0.25) is 0 Å². The zero-order valence-corrected chi connectivity index (χ0v) is 12.1. The van der Waals surface area contributed by atoms with Gasteiger partial charge in [-0.1, -0.05) is 13.3 Å². The Morgan fingerprint density at radius 1 is 1.26 bits per heavy atom. The third-order valence-electron chi connectivity index (χ3n) is 3.24. The summed E-state index contributed by atoms with van der Waals surface area (Å²) in [4.78, 5) is 0. The van der Waals surface area contributed by atoms with Gasteiger partial charge in [0.15, 0.2) is 0 Å². The quantitative estimate of drug-likeness (QED) is 0.815. The van der Waals surface area contributed by atoms with Crippen LogP contribution in [-0.4, -0.2) is 19.8 Å². The molecule has 19 heavy (non-hydrogen) atoms. The zero-order chi connectivity index (χ0) is 14.4. The van der Waals surface area contributed by atoms with E-state index in [1.807, 2.05) is 6.92 Å². The molecule has 0 aromatic heterocycles. The second kappa shape index (κ2) is 7.56. The van der Waals surface area contributed by atoms with Crippen molar-refractivity contribution in [1.82, 2.24) is 5.32 Å². The molecular weight excluding hydrogens is 248 g/mol. The van der Waals surface area contributed by atoms with Gasteiger partial charge in [-0.3, -0.25) is 0 Å². The molecule has 2 atom stereocenters. The highest BCUT2D eigenvalue weighted by Gasteiger charge is 2.17. The molecule has 2 unspecified atom stereocenters. The molecule has 108 valence electrons. The SMILES string of the molecule is CCCC(COC)NC(C)c1cc(F)c(C)cc1F. The molecule has 0 radical (unpaired) electrons. The van der Waals surface area contributed by atoms with Crippen LogP contribution in [0.2, 0.25) is 0 Å². The van der Waals surface area contributed by atoms with Gasteiger partial charge < -0.3 is 10.1 Å². The molecule has 0 aliphatic rings. The monoisotopic (exact) mass is 271 g/mol. The van der Waals surface area contributed by atoms with Crippen LogP contribution in [0, 0.1) is 18.6 Å². The number of benzene rings is 1. The Kier molecular flexibility index (Phi) is 6.38. The van der Waals surface area contributed by atoms with Gasteiger partial charge in [-0.25, -0.2) is 8.78 Å². The van der Waals surface area contributed by atoms with Crippen LogP contribution in [-0.2, 0) is 4.74 Å². The maximum atomic E-state index is 13.9. The summed E-state index contributed by atoms with van der Waals surface area (Å²) in [6.45, 7) is 6.05. The number of methoxy groups -OCH3 is 1. The average molecular weight is 271 g/mol. The van der Waals surface area contributed by atoms with Crippen LogP contribution in [0.25, 0.3) is 0 Å². The molecule has 0 fully saturated rings. The van der Waals surface area contributed by atoms with Crippen molar-refractivity contribution in [2.75, 3.05) is 13.7 Å². The van der Waals surface area contributed by atoms with Crippen molar-refractivity contribution in [3.8, 4) is 0 Å². The third kappa shape index (κ3) is 4.55. The number of hydrogen-bond acceptors (Lipinski definition) is 2. The van der Waals surface area contributed by atoms with E-state index in [4.69, 9.17) is 4.74 Å². The Balaban J connectivity index is 2.81. The molecule has 0 amide bonds. The summed E-state index contributed by atoms with van der Waals surface area (Å²) in [6, 6.07) is 2.42. The van der Waals surface area contributed by atoms with Crippen LogP contribution in [0.4, 0.5) is 8.78 Å². The summed E-state index contributed by atoms with van der Waals surface area (Å²) in [7, 11) is 1.64. The lowest BCUT2D eigenvalue weighted by atomic mass is 10.0. The zero-order valence-electron chi connectivity index (χ0n) is 12.1. The Labute approximate surface area is 114 Å². The first-order valence-corrected chi connectivity index (χ1v) is 6.70. The molecule has 0 saturated heterocycles.